The number of aliphatic hydroxyl groups excluding tert-OH is 1. The zero-order valence-corrected chi connectivity index (χ0v) is 15.5. The second-order valence-electron chi connectivity index (χ2n) is 6.22. The molecule has 0 aliphatic carbocycles. The van der Waals surface area contributed by atoms with Crippen molar-refractivity contribution in [3.63, 3.8) is 0 Å². The maximum atomic E-state index is 10.6. The molecule has 1 aliphatic rings. The molecule has 136 valence electrons. The first kappa shape index (κ1) is 18.2. The standard InChI is InChI=1S/C19H26N2O3S/c1-23-18-6-4-16(5-7-18)21(15-19-3-2-12-25-19)14-17(22)13-20-8-10-24-11-9-20/h2-7,12,17,22H,8-11,13-15H2,1H3. The Morgan fingerprint density at radius 2 is 2.00 bits per heavy atom. The molecule has 1 atom stereocenters. The van der Waals surface area contributed by atoms with Gasteiger partial charge < -0.3 is 19.5 Å². The molecule has 5 nitrogen and oxygen atoms in total. The number of aliphatic hydroxyl groups is 1. The van der Waals surface area contributed by atoms with Crippen LogP contribution in [0.5, 0.6) is 5.75 Å². The normalized spacial score (nSPS) is 16.6. The van der Waals surface area contributed by atoms with Gasteiger partial charge in [0.2, 0.25) is 0 Å². The third kappa shape index (κ3) is 5.44. The maximum absolute atomic E-state index is 10.6. The number of morpholine rings is 1. The Labute approximate surface area is 153 Å². The van der Waals surface area contributed by atoms with Crippen LogP contribution in [0, 0.1) is 0 Å². The van der Waals surface area contributed by atoms with Gasteiger partial charge in [-0.2, -0.15) is 0 Å². The summed E-state index contributed by atoms with van der Waals surface area (Å²) in [6, 6.07) is 12.2. The van der Waals surface area contributed by atoms with Gasteiger partial charge >= 0.3 is 0 Å². The van der Waals surface area contributed by atoms with Gasteiger partial charge in [-0.1, -0.05) is 6.07 Å². The molecule has 0 radical (unpaired) electrons. The molecule has 3 rings (SSSR count). The quantitative estimate of drug-likeness (QED) is 0.782. The van der Waals surface area contributed by atoms with Gasteiger partial charge in [-0.15, -0.1) is 11.3 Å². The zero-order chi connectivity index (χ0) is 17.5. The van der Waals surface area contributed by atoms with E-state index in [0.29, 0.717) is 13.1 Å². The fourth-order valence-electron chi connectivity index (χ4n) is 3.04. The molecule has 1 aromatic carbocycles. The molecule has 25 heavy (non-hydrogen) atoms. The van der Waals surface area contributed by atoms with Gasteiger partial charge in [-0.3, -0.25) is 4.90 Å². The summed E-state index contributed by atoms with van der Waals surface area (Å²) in [7, 11) is 1.67. The Morgan fingerprint density at radius 1 is 1.24 bits per heavy atom. The lowest BCUT2D eigenvalue weighted by Gasteiger charge is -2.32. The van der Waals surface area contributed by atoms with Gasteiger partial charge in [-0.25, -0.2) is 0 Å². The summed E-state index contributed by atoms with van der Waals surface area (Å²) in [4.78, 5) is 5.79. The first-order chi connectivity index (χ1) is 12.2. The number of hydrogen-bond donors (Lipinski definition) is 1. The largest absolute Gasteiger partial charge is 0.497 e. The number of hydrogen-bond acceptors (Lipinski definition) is 6. The van der Waals surface area contributed by atoms with E-state index in [0.717, 1.165) is 44.3 Å². The van der Waals surface area contributed by atoms with E-state index in [1.807, 2.05) is 24.3 Å². The van der Waals surface area contributed by atoms with Crippen molar-refractivity contribution in [2.24, 2.45) is 0 Å². The van der Waals surface area contributed by atoms with Crippen molar-refractivity contribution < 1.29 is 14.6 Å². The lowest BCUT2D eigenvalue weighted by atomic mass is 10.2. The lowest BCUT2D eigenvalue weighted by molar-refractivity contribution is 0.0160. The number of methoxy groups -OCH3 is 1. The van der Waals surface area contributed by atoms with E-state index in [1.54, 1.807) is 18.4 Å². The molecule has 1 aliphatic heterocycles. The first-order valence-corrected chi connectivity index (χ1v) is 9.52. The van der Waals surface area contributed by atoms with Crippen molar-refractivity contribution in [2.75, 3.05) is 51.4 Å². The highest BCUT2D eigenvalue weighted by molar-refractivity contribution is 7.09. The fourth-order valence-corrected chi connectivity index (χ4v) is 3.76. The summed E-state index contributed by atoms with van der Waals surface area (Å²) in [6.45, 7) is 5.37. The van der Waals surface area contributed by atoms with E-state index in [9.17, 15) is 5.11 Å². The number of nitrogens with zero attached hydrogens (tertiary/aromatic N) is 2. The number of benzene rings is 1. The van der Waals surface area contributed by atoms with Gasteiger partial charge in [0.25, 0.3) is 0 Å². The van der Waals surface area contributed by atoms with Crippen molar-refractivity contribution in [2.45, 2.75) is 12.6 Å². The highest BCUT2D eigenvalue weighted by Crippen LogP contribution is 2.23. The van der Waals surface area contributed by atoms with Crippen molar-refractivity contribution in [1.82, 2.24) is 4.90 Å². The van der Waals surface area contributed by atoms with E-state index < -0.39 is 6.10 Å². The summed E-state index contributed by atoms with van der Waals surface area (Å²) in [5.74, 6) is 0.841. The van der Waals surface area contributed by atoms with Gasteiger partial charge in [0.15, 0.2) is 0 Å². The Kier molecular flexibility index (Phi) is 6.69. The number of ether oxygens (including phenoxy) is 2. The van der Waals surface area contributed by atoms with Crippen molar-refractivity contribution in [3.05, 3.63) is 46.7 Å². The molecular weight excluding hydrogens is 336 g/mol. The summed E-state index contributed by atoms with van der Waals surface area (Å²) >= 11 is 1.74. The fraction of sp³-hybridized carbons (Fsp3) is 0.474. The number of anilines is 1. The van der Waals surface area contributed by atoms with Crippen LogP contribution in [0.15, 0.2) is 41.8 Å². The summed E-state index contributed by atoms with van der Waals surface area (Å²) in [5, 5.41) is 12.7. The molecule has 0 bridgehead atoms. The monoisotopic (exact) mass is 362 g/mol. The van der Waals surface area contributed by atoms with Crippen LogP contribution in [0.25, 0.3) is 0 Å². The van der Waals surface area contributed by atoms with Gasteiger partial charge in [0.1, 0.15) is 5.75 Å². The van der Waals surface area contributed by atoms with Crippen LogP contribution in [0.3, 0.4) is 0 Å². The second kappa shape index (κ2) is 9.20. The van der Waals surface area contributed by atoms with Crippen molar-refractivity contribution in [1.29, 1.82) is 0 Å². The maximum Gasteiger partial charge on any atom is 0.119 e. The lowest BCUT2D eigenvalue weighted by Crippen LogP contribution is -2.44. The average molecular weight is 362 g/mol. The predicted molar refractivity (Wildman–Crippen MR) is 102 cm³/mol. The van der Waals surface area contributed by atoms with E-state index >= 15 is 0 Å². The summed E-state index contributed by atoms with van der Waals surface area (Å²) < 4.78 is 10.6. The minimum atomic E-state index is -0.403. The highest BCUT2D eigenvalue weighted by atomic mass is 32.1. The van der Waals surface area contributed by atoms with Crippen LogP contribution >= 0.6 is 11.3 Å². The summed E-state index contributed by atoms with van der Waals surface area (Å²) in [5.41, 5.74) is 1.09. The molecule has 1 N–H and O–H groups in total. The molecule has 2 aromatic rings. The molecule has 0 spiro atoms. The third-order valence-electron chi connectivity index (χ3n) is 4.37. The Bertz CT molecular complexity index is 612. The Hall–Kier alpha value is -1.60. The molecule has 0 amide bonds. The van der Waals surface area contributed by atoms with Crippen LogP contribution in [-0.4, -0.2) is 62.6 Å². The summed E-state index contributed by atoms with van der Waals surface area (Å²) in [6.07, 6.45) is -0.403. The number of rotatable bonds is 8. The number of thiophene rings is 1. The molecule has 1 unspecified atom stereocenters. The van der Waals surface area contributed by atoms with Gasteiger partial charge in [0.05, 0.1) is 33.0 Å². The molecule has 1 saturated heterocycles. The average Bonchev–Trinajstić information content (AvgIpc) is 3.15. The van der Waals surface area contributed by atoms with E-state index in [2.05, 4.69) is 27.3 Å². The molecule has 1 aromatic heterocycles. The van der Waals surface area contributed by atoms with E-state index in [4.69, 9.17) is 9.47 Å². The first-order valence-electron chi connectivity index (χ1n) is 8.64. The molecule has 2 heterocycles. The molecule has 1 fully saturated rings. The van der Waals surface area contributed by atoms with Crippen molar-refractivity contribution in [3.8, 4) is 5.75 Å². The minimum absolute atomic E-state index is 0.403. The Morgan fingerprint density at radius 3 is 2.64 bits per heavy atom. The Balaban J connectivity index is 1.66. The van der Waals surface area contributed by atoms with E-state index in [-0.39, 0.29) is 0 Å². The smallest absolute Gasteiger partial charge is 0.119 e. The third-order valence-corrected chi connectivity index (χ3v) is 5.23. The van der Waals surface area contributed by atoms with Crippen LogP contribution in [0.2, 0.25) is 0 Å². The van der Waals surface area contributed by atoms with Crippen LogP contribution in [0.1, 0.15) is 4.88 Å². The topological polar surface area (TPSA) is 45.2 Å². The highest BCUT2D eigenvalue weighted by Gasteiger charge is 2.18. The van der Waals surface area contributed by atoms with Crippen LogP contribution in [0.4, 0.5) is 5.69 Å². The van der Waals surface area contributed by atoms with Crippen molar-refractivity contribution >= 4 is 17.0 Å². The number of β-amino-alcohol motifs (C(OH)–C–C–N with tert-alkyl or cyclic N) is 1. The van der Waals surface area contributed by atoms with Gasteiger partial charge in [0, 0.05) is 36.7 Å². The molecule has 6 heteroatoms. The predicted octanol–water partition coefficient (Wildman–Crippen LogP) is 2.46. The van der Waals surface area contributed by atoms with Crippen LogP contribution in [-0.2, 0) is 11.3 Å². The van der Waals surface area contributed by atoms with Crippen LogP contribution < -0.4 is 9.64 Å². The zero-order valence-electron chi connectivity index (χ0n) is 14.6. The molecular formula is C19H26N2O3S. The van der Waals surface area contributed by atoms with Gasteiger partial charge in [-0.05, 0) is 35.7 Å². The van der Waals surface area contributed by atoms with E-state index in [1.165, 1.54) is 4.88 Å². The second-order valence-corrected chi connectivity index (χ2v) is 7.26. The minimum Gasteiger partial charge on any atom is -0.497 e. The SMILES string of the molecule is COc1ccc(N(Cc2cccs2)CC(O)CN2CCOCC2)cc1. The molecule has 0 saturated carbocycles.